The van der Waals surface area contributed by atoms with E-state index in [1.54, 1.807) is 30.5 Å². The zero-order chi connectivity index (χ0) is 26.0. The number of hydrogen-bond donors (Lipinski definition) is 1. The van der Waals surface area contributed by atoms with Gasteiger partial charge in [0.15, 0.2) is 9.84 Å². The molecule has 0 saturated heterocycles. The molecule has 0 bridgehead atoms. The van der Waals surface area contributed by atoms with Crippen molar-refractivity contribution in [2.75, 3.05) is 12.8 Å². The van der Waals surface area contributed by atoms with Crippen LogP contribution in [-0.2, 0) is 36.0 Å². The van der Waals surface area contributed by atoms with Crippen molar-refractivity contribution in [3.05, 3.63) is 102 Å². The molecule has 0 radical (unpaired) electrons. The van der Waals surface area contributed by atoms with Crippen LogP contribution in [0.1, 0.15) is 22.5 Å². The normalized spacial score (nSPS) is 13.4. The Morgan fingerprint density at radius 1 is 0.973 bits per heavy atom. The molecule has 37 heavy (non-hydrogen) atoms. The maximum atomic E-state index is 12.1. The van der Waals surface area contributed by atoms with Crippen molar-refractivity contribution < 1.29 is 17.9 Å². The lowest BCUT2D eigenvalue weighted by Gasteiger charge is -2.14. The molecule has 2 N–H and O–H groups in total. The van der Waals surface area contributed by atoms with Crippen molar-refractivity contribution in [1.29, 1.82) is 0 Å². The van der Waals surface area contributed by atoms with Gasteiger partial charge in [-0.3, -0.25) is 9.47 Å². The fourth-order valence-electron chi connectivity index (χ4n) is 4.47. The van der Waals surface area contributed by atoms with Crippen LogP contribution in [-0.4, -0.2) is 41.7 Å². The number of rotatable bonds is 8. The van der Waals surface area contributed by atoms with Crippen molar-refractivity contribution >= 4 is 15.9 Å². The Morgan fingerprint density at radius 3 is 2.22 bits per heavy atom. The molecule has 0 saturated carbocycles. The molecule has 5 rings (SSSR count). The van der Waals surface area contributed by atoms with E-state index in [-0.39, 0.29) is 4.90 Å². The molecule has 0 spiro atoms. The van der Waals surface area contributed by atoms with Crippen LogP contribution >= 0.6 is 0 Å². The van der Waals surface area contributed by atoms with Crippen LogP contribution in [0.15, 0.2) is 83.9 Å². The highest BCUT2D eigenvalue weighted by Gasteiger charge is 2.20. The minimum Gasteiger partial charge on any atom is -0.489 e. The minimum absolute atomic E-state index is 0.279. The zero-order valence-corrected chi connectivity index (χ0v) is 21.3. The second-order valence-electron chi connectivity index (χ2n) is 9.21. The molecule has 9 heteroatoms. The third kappa shape index (κ3) is 5.73. The van der Waals surface area contributed by atoms with Crippen molar-refractivity contribution in [2.24, 2.45) is 5.73 Å². The molecular formula is C28H28N4O4S. The van der Waals surface area contributed by atoms with E-state index in [9.17, 15) is 13.2 Å². The van der Waals surface area contributed by atoms with Gasteiger partial charge in [-0.15, -0.1) is 0 Å². The number of hydrogen-bond acceptors (Lipinski definition) is 6. The van der Waals surface area contributed by atoms with E-state index in [2.05, 4.69) is 29.2 Å². The summed E-state index contributed by atoms with van der Waals surface area (Å²) in [7, 11) is -3.22. The zero-order valence-electron chi connectivity index (χ0n) is 20.5. The standard InChI is InChI=1S/C28H28N4O4S/c1-37(34,35)25-12-6-20(7-13-25)19-36-24-10-8-21(9-11-24)26-18-32(28(29)33)27(30-26)14-15-31-16-22-4-2-3-5-23(22)17-31/h2-13,18H,14-17,19H2,1H3,(H2,29,33). The highest BCUT2D eigenvalue weighted by molar-refractivity contribution is 7.90. The average molecular weight is 517 g/mol. The lowest BCUT2D eigenvalue weighted by atomic mass is 10.1. The SMILES string of the molecule is CS(=O)(=O)c1ccc(COc2ccc(-c3cn(C(N)=O)c(CCN4Cc5ccccc5C4)n3)cc2)cc1. The number of nitrogens with zero attached hydrogens (tertiary/aromatic N) is 3. The average Bonchev–Trinajstić information content (AvgIpc) is 3.50. The van der Waals surface area contributed by atoms with Crippen molar-refractivity contribution in [3.63, 3.8) is 0 Å². The summed E-state index contributed by atoms with van der Waals surface area (Å²) in [4.78, 5) is 19.4. The van der Waals surface area contributed by atoms with Crippen LogP contribution in [0.5, 0.6) is 5.75 Å². The van der Waals surface area contributed by atoms with Gasteiger partial charge < -0.3 is 10.5 Å². The number of ether oxygens (including phenoxy) is 1. The minimum atomic E-state index is -3.22. The van der Waals surface area contributed by atoms with Gasteiger partial charge in [-0.2, -0.15) is 0 Å². The lowest BCUT2D eigenvalue weighted by Crippen LogP contribution is -2.25. The maximum Gasteiger partial charge on any atom is 0.324 e. The Morgan fingerprint density at radius 2 is 1.62 bits per heavy atom. The monoisotopic (exact) mass is 516 g/mol. The molecule has 1 aromatic heterocycles. The van der Waals surface area contributed by atoms with E-state index in [4.69, 9.17) is 15.5 Å². The molecule has 1 aliphatic heterocycles. The number of amides is 1. The maximum absolute atomic E-state index is 12.1. The molecule has 3 aromatic carbocycles. The molecule has 0 atom stereocenters. The second kappa shape index (κ2) is 10.2. The first-order chi connectivity index (χ1) is 17.8. The summed E-state index contributed by atoms with van der Waals surface area (Å²) in [6.07, 6.45) is 3.47. The molecule has 0 fully saturated rings. The first kappa shape index (κ1) is 24.7. The van der Waals surface area contributed by atoms with Crippen LogP contribution in [0.2, 0.25) is 0 Å². The Bertz CT molecular complexity index is 1500. The van der Waals surface area contributed by atoms with Crippen LogP contribution in [0, 0.1) is 0 Å². The quantitative estimate of drug-likeness (QED) is 0.379. The van der Waals surface area contributed by atoms with Crippen LogP contribution in [0.25, 0.3) is 11.3 Å². The second-order valence-corrected chi connectivity index (χ2v) is 11.2. The van der Waals surface area contributed by atoms with Gasteiger partial charge in [-0.25, -0.2) is 18.2 Å². The summed E-state index contributed by atoms with van der Waals surface area (Å²) >= 11 is 0. The highest BCUT2D eigenvalue weighted by Crippen LogP contribution is 2.25. The predicted octanol–water partition coefficient (Wildman–Crippen LogP) is 4.02. The molecule has 4 aromatic rings. The largest absolute Gasteiger partial charge is 0.489 e. The van der Waals surface area contributed by atoms with Gasteiger partial charge in [0.05, 0.1) is 10.6 Å². The highest BCUT2D eigenvalue weighted by atomic mass is 32.2. The number of aromatic nitrogens is 2. The van der Waals surface area contributed by atoms with E-state index in [0.29, 0.717) is 30.3 Å². The van der Waals surface area contributed by atoms with E-state index in [1.807, 2.05) is 24.3 Å². The number of carbonyl (C=O) groups is 1. The van der Waals surface area contributed by atoms with E-state index in [1.165, 1.54) is 21.9 Å². The third-order valence-electron chi connectivity index (χ3n) is 6.48. The first-order valence-electron chi connectivity index (χ1n) is 12.0. The van der Waals surface area contributed by atoms with Crippen molar-refractivity contribution in [3.8, 4) is 17.0 Å². The number of fused-ring (bicyclic) bond motifs is 1. The van der Waals surface area contributed by atoms with E-state index >= 15 is 0 Å². The van der Waals surface area contributed by atoms with Gasteiger partial charge in [-0.1, -0.05) is 36.4 Å². The topological polar surface area (TPSA) is 108 Å². The van der Waals surface area contributed by atoms with Gasteiger partial charge in [0, 0.05) is 44.1 Å². The third-order valence-corrected chi connectivity index (χ3v) is 7.61. The molecule has 0 aliphatic carbocycles. The van der Waals surface area contributed by atoms with Crippen LogP contribution in [0.3, 0.4) is 0 Å². The first-order valence-corrected chi connectivity index (χ1v) is 13.8. The van der Waals surface area contributed by atoms with Crippen LogP contribution < -0.4 is 10.5 Å². The summed E-state index contributed by atoms with van der Waals surface area (Å²) in [5.74, 6) is 1.30. The number of carbonyl (C=O) groups excluding carboxylic acids is 1. The predicted molar refractivity (Wildman–Crippen MR) is 141 cm³/mol. The Labute approximate surface area is 216 Å². The number of nitrogens with two attached hydrogens (primary N) is 1. The van der Waals surface area contributed by atoms with Gasteiger partial charge in [0.1, 0.15) is 18.2 Å². The molecule has 1 aliphatic rings. The summed E-state index contributed by atoms with van der Waals surface area (Å²) in [6, 6.07) is 21.9. The Kier molecular flexibility index (Phi) is 6.82. The van der Waals surface area contributed by atoms with E-state index < -0.39 is 15.9 Å². The molecule has 0 unspecified atom stereocenters. The number of sulfone groups is 1. The van der Waals surface area contributed by atoms with Gasteiger partial charge >= 0.3 is 6.03 Å². The fraction of sp³-hybridized carbons (Fsp3) is 0.214. The number of benzene rings is 3. The summed E-state index contributed by atoms with van der Waals surface area (Å²) < 4.78 is 30.5. The Hall–Kier alpha value is -3.95. The number of imidazole rings is 1. The summed E-state index contributed by atoms with van der Waals surface area (Å²) in [5, 5.41) is 0. The molecule has 190 valence electrons. The summed E-state index contributed by atoms with van der Waals surface area (Å²) in [5.41, 5.74) is 10.7. The number of primary amides is 1. The van der Waals surface area contributed by atoms with Crippen molar-refractivity contribution in [2.45, 2.75) is 31.0 Å². The van der Waals surface area contributed by atoms with Crippen molar-refractivity contribution in [1.82, 2.24) is 14.5 Å². The summed E-state index contributed by atoms with van der Waals surface area (Å²) in [6.45, 7) is 2.87. The Balaban J connectivity index is 1.22. The van der Waals surface area contributed by atoms with E-state index in [0.717, 1.165) is 30.8 Å². The van der Waals surface area contributed by atoms with Crippen LogP contribution in [0.4, 0.5) is 4.79 Å². The smallest absolute Gasteiger partial charge is 0.324 e. The van der Waals surface area contributed by atoms with Gasteiger partial charge in [-0.05, 0) is 53.1 Å². The molecule has 2 heterocycles. The van der Waals surface area contributed by atoms with Gasteiger partial charge in [0.2, 0.25) is 0 Å². The molecular weight excluding hydrogens is 488 g/mol. The molecule has 8 nitrogen and oxygen atoms in total. The fourth-order valence-corrected chi connectivity index (χ4v) is 5.10. The van der Waals surface area contributed by atoms with Gasteiger partial charge in [0.25, 0.3) is 0 Å². The molecule has 1 amide bonds. The lowest BCUT2D eigenvalue weighted by molar-refractivity contribution is 0.248.